The first-order chi connectivity index (χ1) is 7.36. The zero-order valence-electron chi connectivity index (χ0n) is 10.2. The second kappa shape index (κ2) is 5.50. The summed E-state index contributed by atoms with van der Waals surface area (Å²) in [5.41, 5.74) is -0.105. The number of halogens is 1. The van der Waals surface area contributed by atoms with Crippen molar-refractivity contribution < 1.29 is 9.84 Å². The van der Waals surface area contributed by atoms with Gasteiger partial charge in [-0.2, -0.15) is 0 Å². The first kappa shape index (κ1) is 14.0. The molecule has 1 N–H and O–H groups in total. The predicted molar refractivity (Wildman–Crippen MR) is 69.2 cm³/mol. The van der Waals surface area contributed by atoms with Crippen molar-refractivity contribution in [3.63, 3.8) is 0 Å². The van der Waals surface area contributed by atoms with Gasteiger partial charge in [0.25, 0.3) is 0 Å². The fourth-order valence-electron chi connectivity index (χ4n) is 1.63. The molecule has 0 bridgehead atoms. The maximum absolute atomic E-state index is 10.3. The molecule has 4 heteroatoms. The van der Waals surface area contributed by atoms with Gasteiger partial charge in [-0.05, 0) is 24.5 Å². The standard InChI is InChI=1S/C12H19ClO2S/c1-5-15-11(12(2,3)4)10(14)8-6-7-9(13)16-8/h6-7,10-11,14H,5H2,1-4H3. The Kier molecular flexibility index (Phi) is 4.80. The van der Waals surface area contributed by atoms with Crippen LogP contribution in [0.1, 0.15) is 38.7 Å². The molecule has 2 atom stereocenters. The van der Waals surface area contributed by atoms with Crippen molar-refractivity contribution in [1.82, 2.24) is 0 Å². The van der Waals surface area contributed by atoms with E-state index in [1.807, 2.05) is 13.0 Å². The smallest absolute Gasteiger partial charge is 0.115 e. The van der Waals surface area contributed by atoms with E-state index >= 15 is 0 Å². The molecule has 1 aromatic rings. The van der Waals surface area contributed by atoms with Crippen molar-refractivity contribution in [3.8, 4) is 0 Å². The van der Waals surface area contributed by atoms with Crippen molar-refractivity contribution in [2.45, 2.75) is 39.9 Å². The Morgan fingerprint density at radius 2 is 2.06 bits per heavy atom. The van der Waals surface area contributed by atoms with E-state index in [-0.39, 0.29) is 11.5 Å². The number of rotatable bonds is 4. The molecular weight excluding hydrogens is 244 g/mol. The highest BCUT2D eigenvalue weighted by atomic mass is 35.5. The normalized spacial score (nSPS) is 16.1. The van der Waals surface area contributed by atoms with Crippen LogP contribution in [0.15, 0.2) is 12.1 Å². The quantitative estimate of drug-likeness (QED) is 0.892. The van der Waals surface area contributed by atoms with Crippen LogP contribution in [-0.2, 0) is 4.74 Å². The van der Waals surface area contributed by atoms with Crippen LogP contribution in [-0.4, -0.2) is 17.8 Å². The molecule has 92 valence electrons. The molecule has 16 heavy (non-hydrogen) atoms. The van der Waals surface area contributed by atoms with Gasteiger partial charge in [0.2, 0.25) is 0 Å². The lowest BCUT2D eigenvalue weighted by Crippen LogP contribution is -2.35. The molecule has 0 saturated carbocycles. The highest BCUT2D eigenvalue weighted by molar-refractivity contribution is 7.16. The van der Waals surface area contributed by atoms with Gasteiger partial charge in [-0.1, -0.05) is 32.4 Å². The summed E-state index contributed by atoms with van der Waals surface area (Å²) in [4.78, 5) is 0.860. The Balaban J connectivity index is 2.86. The molecular formula is C12H19ClO2S. The largest absolute Gasteiger partial charge is 0.385 e. The van der Waals surface area contributed by atoms with Crippen molar-refractivity contribution >= 4 is 22.9 Å². The second-order valence-corrected chi connectivity index (χ2v) is 6.58. The van der Waals surface area contributed by atoms with Crippen LogP contribution in [0.3, 0.4) is 0 Å². The molecule has 2 unspecified atom stereocenters. The van der Waals surface area contributed by atoms with Gasteiger partial charge in [-0.25, -0.2) is 0 Å². The maximum atomic E-state index is 10.3. The summed E-state index contributed by atoms with van der Waals surface area (Å²) in [6.07, 6.45) is -0.829. The van der Waals surface area contributed by atoms with Crippen LogP contribution in [0.2, 0.25) is 4.34 Å². The lowest BCUT2D eigenvalue weighted by atomic mass is 9.85. The fraction of sp³-hybridized carbons (Fsp3) is 0.667. The van der Waals surface area contributed by atoms with Crippen LogP contribution < -0.4 is 0 Å². The molecule has 1 aromatic heterocycles. The van der Waals surface area contributed by atoms with Crippen molar-refractivity contribution in [3.05, 3.63) is 21.3 Å². The van der Waals surface area contributed by atoms with Gasteiger partial charge < -0.3 is 9.84 Å². The molecule has 0 aliphatic heterocycles. The van der Waals surface area contributed by atoms with Crippen molar-refractivity contribution in [1.29, 1.82) is 0 Å². The minimum Gasteiger partial charge on any atom is -0.385 e. The molecule has 0 aromatic carbocycles. The molecule has 0 aliphatic carbocycles. The third-order valence-corrected chi connectivity index (χ3v) is 3.67. The minimum absolute atomic E-state index is 0.105. The Morgan fingerprint density at radius 1 is 1.44 bits per heavy atom. The topological polar surface area (TPSA) is 29.5 Å². The molecule has 1 heterocycles. The molecule has 0 amide bonds. The molecule has 0 fully saturated rings. The SMILES string of the molecule is CCOC(C(O)c1ccc(Cl)s1)C(C)(C)C. The summed E-state index contributed by atoms with van der Waals surface area (Å²) in [5, 5.41) is 10.3. The summed E-state index contributed by atoms with van der Waals surface area (Å²) < 4.78 is 6.34. The lowest BCUT2D eigenvalue weighted by Gasteiger charge is -2.33. The third-order valence-electron chi connectivity index (χ3n) is 2.37. The molecule has 0 saturated heterocycles. The average molecular weight is 263 g/mol. The van der Waals surface area contributed by atoms with E-state index in [0.29, 0.717) is 10.9 Å². The van der Waals surface area contributed by atoms with E-state index in [1.54, 1.807) is 6.07 Å². The number of aliphatic hydroxyl groups is 1. The van der Waals surface area contributed by atoms with Crippen LogP contribution in [0.25, 0.3) is 0 Å². The van der Waals surface area contributed by atoms with Crippen LogP contribution in [0.5, 0.6) is 0 Å². The van der Waals surface area contributed by atoms with E-state index in [2.05, 4.69) is 20.8 Å². The zero-order valence-corrected chi connectivity index (χ0v) is 11.7. The van der Waals surface area contributed by atoms with Gasteiger partial charge >= 0.3 is 0 Å². The Hall–Kier alpha value is -0.0900. The van der Waals surface area contributed by atoms with Gasteiger partial charge in [0, 0.05) is 11.5 Å². The van der Waals surface area contributed by atoms with Gasteiger partial charge in [0.15, 0.2) is 0 Å². The molecule has 0 radical (unpaired) electrons. The van der Waals surface area contributed by atoms with Gasteiger partial charge in [-0.15, -0.1) is 11.3 Å². The third kappa shape index (κ3) is 3.45. The van der Waals surface area contributed by atoms with E-state index in [9.17, 15) is 5.11 Å². The minimum atomic E-state index is -0.613. The first-order valence-corrected chi connectivity index (χ1v) is 6.60. The number of hydrogen-bond acceptors (Lipinski definition) is 3. The van der Waals surface area contributed by atoms with Gasteiger partial charge in [0.05, 0.1) is 10.4 Å². The zero-order chi connectivity index (χ0) is 12.3. The Labute approximate surface area is 106 Å². The molecule has 2 nitrogen and oxygen atoms in total. The first-order valence-electron chi connectivity index (χ1n) is 5.41. The summed E-state index contributed by atoms with van der Waals surface area (Å²) in [6, 6.07) is 3.66. The molecule has 0 aliphatic rings. The Morgan fingerprint density at radius 3 is 2.44 bits per heavy atom. The molecule has 0 spiro atoms. The van der Waals surface area contributed by atoms with Gasteiger partial charge in [0.1, 0.15) is 6.10 Å². The highest BCUT2D eigenvalue weighted by Crippen LogP contribution is 2.36. The summed E-state index contributed by atoms with van der Waals surface area (Å²) in [7, 11) is 0. The maximum Gasteiger partial charge on any atom is 0.115 e. The van der Waals surface area contributed by atoms with Gasteiger partial charge in [-0.3, -0.25) is 0 Å². The number of aliphatic hydroxyl groups excluding tert-OH is 1. The van der Waals surface area contributed by atoms with E-state index < -0.39 is 6.10 Å². The highest BCUT2D eigenvalue weighted by Gasteiger charge is 2.33. The number of hydrogen-bond donors (Lipinski definition) is 1. The fourth-order valence-corrected chi connectivity index (χ4v) is 2.70. The van der Waals surface area contributed by atoms with Crippen LogP contribution in [0.4, 0.5) is 0 Å². The predicted octanol–water partition coefficient (Wildman–Crippen LogP) is 3.89. The van der Waals surface area contributed by atoms with E-state index in [1.165, 1.54) is 11.3 Å². The summed E-state index contributed by atoms with van der Waals surface area (Å²) in [6.45, 7) is 8.72. The Bertz CT molecular complexity index is 330. The summed E-state index contributed by atoms with van der Waals surface area (Å²) in [5.74, 6) is 0. The van der Waals surface area contributed by atoms with Crippen molar-refractivity contribution in [2.75, 3.05) is 6.61 Å². The van der Waals surface area contributed by atoms with Crippen molar-refractivity contribution in [2.24, 2.45) is 5.41 Å². The number of ether oxygens (including phenoxy) is 1. The second-order valence-electron chi connectivity index (χ2n) is 4.83. The molecule has 1 rings (SSSR count). The summed E-state index contributed by atoms with van der Waals surface area (Å²) >= 11 is 7.27. The number of thiophene rings is 1. The van der Waals surface area contributed by atoms with Crippen LogP contribution >= 0.6 is 22.9 Å². The average Bonchev–Trinajstić information content (AvgIpc) is 2.58. The lowest BCUT2D eigenvalue weighted by molar-refractivity contribution is -0.0886. The van der Waals surface area contributed by atoms with E-state index in [0.717, 1.165) is 4.88 Å². The van der Waals surface area contributed by atoms with E-state index in [4.69, 9.17) is 16.3 Å². The monoisotopic (exact) mass is 262 g/mol. The van der Waals surface area contributed by atoms with Crippen LogP contribution in [0, 0.1) is 5.41 Å².